The molecule has 3 heterocycles. The van der Waals surface area contributed by atoms with Gasteiger partial charge in [0.1, 0.15) is 5.69 Å². The summed E-state index contributed by atoms with van der Waals surface area (Å²) in [6, 6.07) is 4.26. The van der Waals surface area contributed by atoms with E-state index in [0.717, 1.165) is 43.1 Å². The van der Waals surface area contributed by atoms with Crippen LogP contribution in [-0.4, -0.2) is 36.7 Å². The maximum absolute atomic E-state index is 11.2. The molecule has 2 aromatic heterocycles. The largest absolute Gasteiger partial charge is 0.372 e. The molecule has 2 aliphatic rings. The van der Waals surface area contributed by atoms with Crippen LogP contribution in [0.3, 0.4) is 0 Å². The molecule has 29 heavy (non-hydrogen) atoms. The number of rotatable bonds is 5. The Morgan fingerprint density at radius 1 is 1.10 bits per heavy atom. The lowest BCUT2D eigenvalue weighted by Crippen LogP contribution is -2.49. The maximum Gasteiger partial charge on any atom is 0.155 e. The van der Waals surface area contributed by atoms with Crippen molar-refractivity contribution in [2.75, 3.05) is 6.54 Å². The highest BCUT2D eigenvalue weighted by Crippen LogP contribution is 2.34. The minimum absolute atomic E-state index is 0.00603. The first-order valence-electron chi connectivity index (χ1n) is 11.7. The molecule has 0 bridgehead atoms. The number of aromatic nitrogens is 3. The molecule has 1 saturated heterocycles. The fraction of sp³-hybridized carbons (Fsp3) is 0.750. The summed E-state index contributed by atoms with van der Waals surface area (Å²) in [5.41, 5.74) is 3.98. The van der Waals surface area contributed by atoms with Crippen LogP contribution in [0.15, 0.2) is 12.1 Å². The van der Waals surface area contributed by atoms with E-state index in [1.807, 2.05) is 10.6 Å². The van der Waals surface area contributed by atoms with Crippen molar-refractivity contribution in [1.29, 1.82) is 0 Å². The molecule has 2 fully saturated rings. The summed E-state index contributed by atoms with van der Waals surface area (Å²) in [7, 11) is 0. The number of piperidine rings is 1. The van der Waals surface area contributed by atoms with Crippen molar-refractivity contribution in [2.45, 2.75) is 103 Å². The Balaban J connectivity index is 1.65. The van der Waals surface area contributed by atoms with E-state index in [4.69, 9.17) is 10.1 Å². The Labute approximate surface area is 175 Å². The molecule has 0 spiro atoms. The average Bonchev–Trinajstić information content (AvgIpc) is 3.11. The number of aliphatic hydroxyl groups excluding tert-OH is 1. The van der Waals surface area contributed by atoms with Crippen molar-refractivity contribution in [1.82, 2.24) is 19.5 Å². The van der Waals surface area contributed by atoms with Gasteiger partial charge in [0, 0.05) is 29.5 Å². The SMILES string of the molecule is CC(C)c1cc(CC2CCCCC2)nc2cc(C(O)N3CCCCC3(C)C)nn12. The first-order valence-corrected chi connectivity index (χ1v) is 11.7. The molecule has 160 valence electrons. The Morgan fingerprint density at radius 2 is 1.86 bits per heavy atom. The summed E-state index contributed by atoms with van der Waals surface area (Å²) in [6.07, 6.45) is 10.6. The van der Waals surface area contributed by atoms with Crippen molar-refractivity contribution in [3.63, 3.8) is 0 Å². The van der Waals surface area contributed by atoms with Crippen molar-refractivity contribution in [3.05, 3.63) is 29.2 Å². The summed E-state index contributed by atoms with van der Waals surface area (Å²) >= 11 is 0. The van der Waals surface area contributed by atoms with E-state index in [-0.39, 0.29) is 5.54 Å². The molecule has 5 nitrogen and oxygen atoms in total. The van der Waals surface area contributed by atoms with Crippen molar-refractivity contribution >= 4 is 5.65 Å². The van der Waals surface area contributed by atoms with Gasteiger partial charge >= 0.3 is 0 Å². The third kappa shape index (κ3) is 4.36. The molecule has 0 amide bonds. The van der Waals surface area contributed by atoms with Gasteiger partial charge < -0.3 is 5.11 Å². The van der Waals surface area contributed by atoms with Gasteiger partial charge in [-0.25, -0.2) is 9.50 Å². The van der Waals surface area contributed by atoms with E-state index in [0.29, 0.717) is 5.92 Å². The van der Waals surface area contributed by atoms with Crippen LogP contribution in [0.2, 0.25) is 0 Å². The summed E-state index contributed by atoms with van der Waals surface area (Å²) in [5.74, 6) is 1.13. The third-order valence-corrected chi connectivity index (χ3v) is 7.12. The Hall–Kier alpha value is -1.46. The van der Waals surface area contributed by atoms with Gasteiger partial charge in [-0.3, -0.25) is 4.90 Å². The van der Waals surface area contributed by atoms with Crippen LogP contribution in [0.5, 0.6) is 0 Å². The minimum Gasteiger partial charge on any atom is -0.372 e. The van der Waals surface area contributed by atoms with Crippen molar-refractivity contribution in [3.8, 4) is 0 Å². The molecule has 1 unspecified atom stereocenters. The lowest BCUT2D eigenvalue weighted by atomic mass is 9.86. The average molecular weight is 399 g/mol. The van der Waals surface area contributed by atoms with Gasteiger partial charge in [-0.05, 0) is 51.0 Å². The van der Waals surface area contributed by atoms with E-state index < -0.39 is 6.23 Å². The lowest BCUT2D eigenvalue weighted by molar-refractivity contribution is -0.0796. The molecule has 1 aliphatic heterocycles. The van der Waals surface area contributed by atoms with Crippen LogP contribution < -0.4 is 0 Å². The van der Waals surface area contributed by atoms with Crippen LogP contribution in [0.25, 0.3) is 5.65 Å². The standard InChI is InChI=1S/C24H38N4O/c1-17(2)21-15-19(14-18-10-6-5-7-11-18)25-22-16-20(26-28(21)22)23(29)27-13-9-8-12-24(27,3)4/h15-18,23,29H,5-14H2,1-4H3. The zero-order valence-corrected chi connectivity index (χ0v) is 18.7. The second kappa shape index (κ2) is 8.35. The molecule has 4 rings (SSSR count). The normalized spacial score (nSPS) is 22.4. The highest BCUT2D eigenvalue weighted by molar-refractivity contribution is 5.43. The monoisotopic (exact) mass is 398 g/mol. The van der Waals surface area contributed by atoms with Gasteiger partial charge in [0.25, 0.3) is 0 Å². The van der Waals surface area contributed by atoms with Gasteiger partial charge in [0.15, 0.2) is 11.9 Å². The van der Waals surface area contributed by atoms with E-state index >= 15 is 0 Å². The van der Waals surface area contributed by atoms with Crippen LogP contribution in [0.4, 0.5) is 0 Å². The van der Waals surface area contributed by atoms with E-state index in [1.54, 1.807) is 0 Å². The molecule has 0 aromatic carbocycles. The van der Waals surface area contributed by atoms with Crippen LogP contribution in [-0.2, 0) is 6.42 Å². The van der Waals surface area contributed by atoms with Crippen molar-refractivity contribution < 1.29 is 5.11 Å². The zero-order valence-electron chi connectivity index (χ0n) is 18.7. The van der Waals surface area contributed by atoms with Gasteiger partial charge in [0.05, 0.1) is 0 Å². The number of hydrogen-bond acceptors (Lipinski definition) is 4. The van der Waals surface area contributed by atoms with Crippen molar-refractivity contribution in [2.24, 2.45) is 5.92 Å². The molecular formula is C24H38N4O. The Bertz CT molecular complexity index is 835. The van der Waals surface area contributed by atoms with Crippen LogP contribution in [0.1, 0.15) is 108 Å². The highest BCUT2D eigenvalue weighted by Gasteiger charge is 2.35. The minimum atomic E-state index is -0.672. The summed E-state index contributed by atoms with van der Waals surface area (Å²) in [4.78, 5) is 7.17. The topological polar surface area (TPSA) is 53.7 Å². The number of aliphatic hydroxyl groups is 1. The van der Waals surface area contributed by atoms with E-state index in [2.05, 4.69) is 38.7 Å². The fourth-order valence-electron chi connectivity index (χ4n) is 5.30. The molecule has 1 atom stereocenters. The van der Waals surface area contributed by atoms with E-state index in [9.17, 15) is 5.11 Å². The molecule has 5 heteroatoms. The molecule has 1 saturated carbocycles. The number of fused-ring (bicyclic) bond motifs is 1. The molecule has 2 aromatic rings. The third-order valence-electron chi connectivity index (χ3n) is 7.12. The Kier molecular flexibility index (Phi) is 5.99. The van der Waals surface area contributed by atoms with Crippen LogP contribution in [0, 0.1) is 5.92 Å². The fourth-order valence-corrected chi connectivity index (χ4v) is 5.30. The molecule has 1 aliphatic carbocycles. The molecule has 0 radical (unpaired) electrons. The Morgan fingerprint density at radius 3 is 2.55 bits per heavy atom. The number of hydrogen-bond donors (Lipinski definition) is 1. The predicted molar refractivity (Wildman–Crippen MR) is 117 cm³/mol. The van der Waals surface area contributed by atoms with Crippen LogP contribution >= 0.6 is 0 Å². The summed E-state index contributed by atoms with van der Waals surface area (Å²) in [5, 5.41) is 16.0. The van der Waals surface area contributed by atoms with Gasteiger partial charge in [-0.2, -0.15) is 5.10 Å². The molecule has 1 N–H and O–H groups in total. The summed E-state index contributed by atoms with van der Waals surface area (Å²) < 4.78 is 1.96. The zero-order chi connectivity index (χ0) is 20.6. The lowest BCUT2D eigenvalue weighted by Gasteiger charge is -2.44. The summed E-state index contributed by atoms with van der Waals surface area (Å²) in [6.45, 7) is 9.80. The van der Waals surface area contributed by atoms with E-state index in [1.165, 1.54) is 49.9 Å². The number of nitrogens with zero attached hydrogens (tertiary/aromatic N) is 4. The highest BCUT2D eigenvalue weighted by atomic mass is 16.3. The first-order chi connectivity index (χ1) is 13.8. The number of likely N-dealkylation sites (tertiary alicyclic amines) is 1. The quantitative estimate of drug-likeness (QED) is 0.749. The maximum atomic E-state index is 11.2. The first kappa shape index (κ1) is 20.8. The smallest absolute Gasteiger partial charge is 0.155 e. The predicted octanol–water partition coefficient (Wildman–Crippen LogP) is 5.23. The second-order valence-electron chi connectivity index (χ2n) is 10.2. The van der Waals surface area contributed by atoms with Gasteiger partial charge in [-0.1, -0.05) is 52.4 Å². The van der Waals surface area contributed by atoms with Gasteiger partial charge in [-0.15, -0.1) is 0 Å². The molecular weight excluding hydrogens is 360 g/mol. The second-order valence-corrected chi connectivity index (χ2v) is 10.2. The van der Waals surface area contributed by atoms with Gasteiger partial charge in [0.2, 0.25) is 0 Å².